The summed E-state index contributed by atoms with van der Waals surface area (Å²) in [6.07, 6.45) is 10.9. The van der Waals surface area contributed by atoms with Crippen LogP contribution in [0.5, 0.6) is 11.6 Å². The van der Waals surface area contributed by atoms with Gasteiger partial charge in [-0.05, 0) is 31.7 Å². The first-order valence-electron chi connectivity index (χ1n) is 9.47. The minimum Gasteiger partial charge on any atom is -0.495 e. The Morgan fingerprint density at radius 1 is 0.923 bits per heavy atom. The lowest BCUT2D eigenvalue weighted by atomic mass is 10.2. The maximum atomic E-state index is 5.76. The Balaban J connectivity index is 2.43. The molecule has 0 aromatic carbocycles. The minimum absolute atomic E-state index is 0.000512. The Kier molecular flexibility index (Phi) is 11.8. The molecule has 0 aliphatic heterocycles. The van der Waals surface area contributed by atoms with Gasteiger partial charge in [0.2, 0.25) is 5.88 Å². The van der Waals surface area contributed by atoms with Crippen LogP contribution in [-0.4, -0.2) is 30.4 Å². The van der Waals surface area contributed by atoms with E-state index in [2.05, 4.69) is 32.0 Å². The molecule has 0 radical (unpaired) electrons. The van der Waals surface area contributed by atoms with Gasteiger partial charge in [0.15, 0.2) is 0 Å². The van der Waals surface area contributed by atoms with Crippen LogP contribution in [0.25, 0.3) is 0 Å². The van der Waals surface area contributed by atoms with E-state index < -0.39 is 0 Å². The first-order valence-corrected chi connectivity index (χ1v) is 9.47. The van der Waals surface area contributed by atoms with Crippen molar-refractivity contribution < 1.29 is 18.9 Å². The average molecular weight is 363 g/mol. The molecule has 0 amide bonds. The van der Waals surface area contributed by atoms with Crippen molar-refractivity contribution in [2.45, 2.75) is 64.6 Å². The molecule has 0 saturated carbocycles. The summed E-state index contributed by atoms with van der Waals surface area (Å²) < 4.78 is 22.4. The van der Waals surface area contributed by atoms with Gasteiger partial charge in [-0.2, -0.15) is 0 Å². The van der Waals surface area contributed by atoms with Gasteiger partial charge in [0, 0.05) is 6.07 Å². The zero-order chi connectivity index (χ0) is 19.0. The molecule has 0 bridgehead atoms. The SMILES string of the molecule is C=COC(CCCC)COc1ccc(OCC(CCCC)OC=C)nc1. The van der Waals surface area contributed by atoms with Gasteiger partial charge < -0.3 is 18.9 Å². The largest absolute Gasteiger partial charge is 0.495 e. The fourth-order valence-corrected chi connectivity index (χ4v) is 2.42. The highest BCUT2D eigenvalue weighted by atomic mass is 16.5. The van der Waals surface area contributed by atoms with Crippen molar-refractivity contribution in [1.29, 1.82) is 0 Å². The van der Waals surface area contributed by atoms with Gasteiger partial charge in [0.25, 0.3) is 0 Å². The lowest BCUT2D eigenvalue weighted by Gasteiger charge is -2.18. The molecule has 0 saturated heterocycles. The third-order valence-electron chi connectivity index (χ3n) is 3.90. The highest BCUT2D eigenvalue weighted by molar-refractivity contribution is 5.22. The van der Waals surface area contributed by atoms with E-state index in [1.165, 1.54) is 12.5 Å². The second-order valence-electron chi connectivity index (χ2n) is 6.09. The van der Waals surface area contributed by atoms with Gasteiger partial charge in [-0.25, -0.2) is 4.98 Å². The van der Waals surface area contributed by atoms with Gasteiger partial charge in [-0.15, -0.1) is 0 Å². The lowest BCUT2D eigenvalue weighted by molar-refractivity contribution is 0.0770. The molecule has 1 aromatic rings. The average Bonchev–Trinajstić information content (AvgIpc) is 2.67. The number of pyridine rings is 1. The predicted molar refractivity (Wildman–Crippen MR) is 104 cm³/mol. The van der Waals surface area contributed by atoms with Crippen molar-refractivity contribution in [3.8, 4) is 11.6 Å². The van der Waals surface area contributed by atoms with Crippen LogP contribution >= 0.6 is 0 Å². The third kappa shape index (κ3) is 9.35. The van der Waals surface area contributed by atoms with Crippen molar-refractivity contribution >= 4 is 0 Å². The molecule has 0 aliphatic carbocycles. The molecule has 146 valence electrons. The van der Waals surface area contributed by atoms with E-state index in [1.54, 1.807) is 12.3 Å². The molecule has 0 N–H and O–H groups in total. The van der Waals surface area contributed by atoms with E-state index in [4.69, 9.17) is 18.9 Å². The van der Waals surface area contributed by atoms with E-state index >= 15 is 0 Å². The Hall–Kier alpha value is -2.17. The number of rotatable bonds is 16. The van der Waals surface area contributed by atoms with Crippen molar-refractivity contribution in [2.75, 3.05) is 13.2 Å². The van der Waals surface area contributed by atoms with Gasteiger partial charge in [0.1, 0.15) is 31.2 Å². The maximum Gasteiger partial charge on any atom is 0.213 e. The molecular formula is C21H33NO4. The van der Waals surface area contributed by atoms with E-state index in [1.807, 2.05) is 6.07 Å². The first-order chi connectivity index (χ1) is 12.7. The maximum absolute atomic E-state index is 5.76. The molecule has 5 nitrogen and oxygen atoms in total. The molecule has 2 unspecified atom stereocenters. The second-order valence-corrected chi connectivity index (χ2v) is 6.09. The zero-order valence-corrected chi connectivity index (χ0v) is 16.2. The topological polar surface area (TPSA) is 49.8 Å². The Labute approximate surface area is 158 Å². The van der Waals surface area contributed by atoms with Gasteiger partial charge >= 0.3 is 0 Å². The molecule has 5 heteroatoms. The summed E-state index contributed by atoms with van der Waals surface area (Å²) in [7, 11) is 0. The number of hydrogen-bond acceptors (Lipinski definition) is 5. The van der Waals surface area contributed by atoms with Crippen LogP contribution in [0.15, 0.2) is 44.0 Å². The normalized spacial score (nSPS) is 12.7. The molecule has 0 spiro atoms. The first kappa shape index (κ1) is 21.9. The minimum atomic E-state index is 0.000512. The number of nitrogens with zero attached hydrogens (tertiary/aromatic N) is 1. The summed E-state index contributed by atoms with van der Waals surface area (Å²) >= 11 is 0. The Morgan fingerprint density at radius 3 is 1.96 bits per heavy atom. The fourth-order valence-electron chi connectivity index (χ4n) is 2.42. The van der Waals surface area contributed by atoms with Crippen LogP contribution in [0, 0.1) is 0 Å². The zero-order valence-electron chi connectivity index (χ0n) is 16.2. The van der Waals surface area contributed by atoms with Crippen molar-refractivity contribution in [3.05, 3.63) is 44.0 Å². The highest BCUT2D eigenvalue weighted by Gasteiger charge is 2.11. The van der Waals surface area contributed by atoms with Crippen molar-refractivity contribution in [1.82, 2.24) is 4.98 Å². The second kappa shape index (κ2) is 14.0. The summed E-state index contributed by atoms with van der Waals surface area (Å²) in [6.45, 7) is 12.5. The number of hydrogen-bond donors (Lipinski definition) is 0. The number of aromatic nitrogens is 1. The van der Waals surface area contributed by atoms with E-state index in [-0.39, 0.29) is 12.2 Å². The lowest BCUT2D eigenvalue weighted by Crippen LogP contribution is -2.20. The van der Waals surface area contributed by atoms with Crippen LogP contribution in [0.2, 0.25) is 0 Å². The molecule has 0 aliphatic rings. The highest BCUT2D eigenvalue weighted by Crippen LogP contribution is 2.16. The van der Waals surface area contributed by atoms with E-state index in [0.717, 1.165) is 38.5 Å². The summed E-state index contributed by atoms with van der Waals surface area (Å²) in [6, 6.07) is 3.65. The van der Waals surface area contributed by atoms with Gasteiger partial charge in [0.05, 0.1) is 18.7 Å². The van der Waals surface area contributed by atoms with Crippen LogP contribution in [0.4, 0.5) is 0 Å². The number of ether oxygens (including phenoxy) is 4. The van der Waals surface area contributed by atoms with E-state index in [9.17, 15) is 0 Å². The molecular weight excluding hydrogens is 330 g/mol. The van der Waals surface area contributed by atoms with Crippen LogP contribution in [0.3, 0.4) is 0 Å². The predicted octanol–water partition coefficient (Wildman–Crippen LogP) is 5.28. The number of unbranched alkanes of at least 4 members (excludes halogenated alkanes) is 2. The van der Waals surface area contributed by atoms with E-state index in [0.29, 0.717) is 24.8 Å². The third-order valence-corrected chi connectivity index (χ3v) is 3.90. The summed E-state index contributed by atoms with van der Waals surface area (Å²) in [5, 5.41) is 0. The van der Waals surface area contributed by atoms with Crippen LogP contribution in [-0.2, 0) is 9.47 Å². The molecule has 2 atom stereocenters. The molecule has 1 heterocycles. The van der Waals surface area contributed by atoms with Crippen LogP contribution in [0.1, 0.15) is 52.4 Å². The fraction of sp³-hybridized carbons (Fsp3) is 0.571. The smallest absolute Gasteiger partial charge is 0.213 e. The quantitative estimate of drug-likeness (QED) is 0.374. The Morgan fingerprint density at radius 2 is 1.50 bits per heavy atom. The van der Waals surface area contributed by atoms with Crippen molar-refractivity contribution in [2.24, 2.45) is 0 Å². The van der Waals surface area contributed by atoms with Crippen molar-refractivity contribution in [3.63, 3.8) is 0 Å². The molecule has 1 rings (SSSR count). The summed E-state index contributed by atoms with van der Waals surface area (Å²) in [5.74, 6) is 1.24. The molecule has 26 heavy (non-hydrogen) atoms. The van der Waals surface area contributed by atoms with Gasteiger partial charge in [-0.3, -0.25) is 0 Å². The monoisotopic (exact) mass is 363 g/mol. The molecule has 0 fully saturated rings. The Bertz CT molecular complexity index is 444. The summed E-state index contributed by atoms with van der Waals surface area (Å²) in [5.41, 5.74) is 0. The van der Waals surface area contributed by atoms with Gasteiger partial charge in [-0.1, -0.05) is 39.8 Å². The molecule has 1 aromatic heterocycles. The summed E-state index contributed by atoms with van der Waals surface area (Å²) in [4.78, 5) is 4.29. The van der Waals surface area contributed by atoms with Crippen LogP contribution < -0.4 is 9.47 Å². The standard InChI is InChI=1S/C21H33NO4/c1-5-9-11-19(23-7-3)16-25-18-13-14-21(22-15-18)26-17-20(24-8-4)12-10-6-2/h7-8,13-15,19-20H,3-6,9-12,16-17H2,1-2H3.